The van der Waals surface area contributed by atoms with Crippen LogP contribution in [0, 0.1) is 19.7 Å². The van der Waals surface area contributed by atoms with Gasteiger partial charge >= 0.3 is 0 Å². The maximum atomic E-state index is 13.7. The Labute approximate surface area is 165 Å². The van der Waals surface area contributed by atoms with Gasteiger partial charge in [-0.15, -0.1) is 0 Å². The molecule has 0 radical (unpaired) electrons. The van der Waals surface area contributed by atoms with Crippen LogP contribution in [-0.2, 0) is 4.79 Å². The zero-order valence-corrected chi connectivity index (χ0v) is 16.6. The van der Waals surface area contributed by atoms with Gasteiger partial charge in [-0.25, -0.2) is 4.39 Å². The largest absolute Gasteiger partial charge is 0.370 e. The lowest BCUT2D eigenvalue weighted by Gasteiger charge is -2.30. The topological polar surface area (TPSA) is 49.4 Å². The molecule has 1 heterocycles. The minimum Gasteiger partial charge on any atom is -0.370 e. The molecule has 1 aliphatic rings. The predicted octanol–water partition coefficient (Wildman–Crippen LogP) is 5.03. The first-order valence-corrected chi connectivity index (χ1v) is 9.89. The molecule has 3 rings (SSSR count). The molecule has 2 aromatic carbocycles. The SMILES string of the molecule is Cc1ccc(C(=O)CCC(=O)Nc2cc(F)ccc2N2CCCCC2)cc1C. The lowest BCUT2D eigenvalue weighted by atomic mass is 10.0. The van der Waals surface area contributed by atoms with Crippen LogP contribution in [-0.4, -0.2) is 24.8 Å². The van der Waals surface area contributed by atoms with Gasteiger partial charge in [-0.3, -0.25) is 9.59 Å². The average Bonchev–Trinajstić information content (AvgIpc) is 2.69. The number of carbonyl (C=O) groups is 2. The molecular weight excluding hydrogens is 355 g/mol. The van der Waals surface area contributed by atoms with E-state index in [1.807, 2.05) is 26.0 Å². The van der Waals surface area contributed by atoms with E-state index < -0.39 is 0 Å². The second-order valence-electron chi connectivity index (χ2n) is 7.48. The highest BCUT2D eigenvalue weighted by atomic mass is 19.1. The molecule has 1 amide bonds. The molecule has 1 N–H and O–H groups in total. The number of nitrogens with zero attached hydrogens (tertiary/aromatic N) is 1. The molecule has 0 unspecified atom stereocenters. The van der Waals surface area contributed by atoms with Crippen LogP contribution < -0.4 is 10.2 Å². The minimum atomic E-state index is -0.387. The molecule has 1 fully saturated rings. The van der Waals surface area contributed by atoms with Crippen LogP contribution in [0.25, 0.3) is 0 Å². The molecule has 2 aromatic rings. The number of nitrogens with one attached hydrogen (secondary N) is 1. The number of hydrogen-bond donors (Lipinski definition) is 1. The molecule has 0 atom stereocenters. The van der Waals surface area contributed by atoms with Crippen molar-refractivity contribution in [3.8, 4) is 0 Å². The molecule has 0 saturated carbocycles. The summed E-state index contributed by atoms with van der Waals surface area (Å²) in [6.07, 6.45) is 3.58. The monoisotopic (exact) mass is 382 g/mol. The number of anilines is 2. The molecular formula is C23H27FN2O2. The van der Waals surface area contributed by atoms with E-state index in [4.69, 9.17) is 0 Å². The number of amides is 1. The van der Waals surface area contributed by atoms with Crippen molar-refractivity contribution in [2.45, 2.75) is 46.0 Å². The van der Waals surface area contributed by atoms with E-state index in [2.05, 4.69) is 10.2 Å². The van der Waals surface area contributed by atoms with Crippen LogP contribution in [0.4, 0.5) is 15.8 Å². The van der Waals surface area contributed by atoms with Gasteiger partial charge in [-0.2, -0.15) is 0 Å². The average molecular weight is 382 g/mol. The Morgan fingerprint density at radius 2 is 1.71 bits per heavy atom. The number of hydrogen-bond acceptors (Lipinski definition) is 3. The first-order valence-electron chi connectivity index (χ1n) is 9.89. The summed E-state index contributed by atoms with van der Waals surface area (Å²) < 4.78 is 13.7. The van der Waals surface area contributed by atoms with Gasteiger partial charge in [0.1, 0.15) is 5.82 Å². The van der Waals surface area contributed by atoms with Gasteiger partial charge in [-0.05, 0) is 68.5 Å². The molecule has 4 nitrogen and oxygen atoms in total. The summed E-state index contributed by atoms with van der Waals surface area (Å²) in [5.74, 6) is -0.725. The van der Waals surface area contributed by atoms with Crippen molar-refractivity contribution in [1.82, 2.24) is 0 Å². The second-order valence-corrected chi connectivity index (χ2v) is 7.48. The molecule has 0 aromatic heterocycles. The van der Waals surface area contributed by atoms with Crippen molar-refractivity contribution in [3.63, 3.8) is 0 Å². The normalized spacial score (nSPS) is 14.0. The summed E-state index contributed by atoms with van der Waals surface area (Å²) in [5, 5.41) is 2.80. The maximum Gasteiger partial charge on any atom is 0.224 e. The molecule has 28 heavy (non-hydrogen) atoms. The number of benzene rings is 2. The number of carbonyl (C=O) groups excluding carboxylic acids is 2. The van der Waals surface area contributed by atoms with E-state index >= 15 is 0 Å². The number of piperidine rings is 1. The third kappa shape index (κ3) is 4.97. The molecule has 1 saturated heterocycles. The van der Waals surface area contributed by atoms with Crippen LogP contribution >= 0.6 is 0 Å². The molecule has 0 bridgehead atoms. The number of ketones is 1. The van der Waals surface area contributed by atoms with Gasteiger partial charge in [0.2, 0.25) is 5.91 Å². The summed E-state index contributed by atoms with van der Waals surface area (Å²) in [6, 6.07) is 10.1. The van der Waals surface area contributed by atoms with Crippen LogP contribution in [0.2, 0.25) is 0 Å². The van der Waals surface area contributed by atoms with E-state index in [1.54, 1.807) is 12.1 Å². The number of aryl methyl sites for hydroxylation is 2. The number of rotatable bonds is 6. The lowest BCUT2D eigenvalue weighted by Crippen LogP contribution is -2.30. The van der Waals surface area contributed by atoms with Gasteiger partial charge in [0.15, 0.2) is 5.78 Å². The highest BCUT2D eigenvalue weighted by Gasteiger charge is 2.17. The van der Waals surface area contributed by atoms with Crippen molar-refractivity contribution >= 4 is 23.1 Å². The van der Waals surface area contributed by atoms with Gasteiger partial charge in [0, 0.05) is 31.5 Å². The van der Waals surface area contributed by atoms with Crippen LogP contribution in [0.5, 0.6) is 0 Å². The van der Waals surface area contributed by atoms with Crippen molar-refractivity contribution in [2.75, 3.05) is 23.3 Å². The predicted molar refractivity (Wildman–Crippen MR) is 111 cm³/mol. The Morgan fingerprint density at radius 3 is 2.43 bits per heavy atom. The summed E-state index contributed by atoms with van der Waals surface area (Å²) in [7, 11) is 0. The fourth-order valence-corrected chi connectivity index (χ4v) is 3.52. The third-order valence-corrected chi connectivity index (χ3v) is 5.34. The highest BCUT2D eigenvalue weighted by molar-refractivity contribution is 6.01. The van der Waals surface area contributed by atoms with Crippen molar-refractivity contribution in [3.05, 3.63) is 58.9 Å². The zero-order chi connectivity index (χ0) is 20.1. The third-order valence-electron chi connectivity index (χ3n) is 5.34. The molecule has 0 spiro atoms. The van der Waals surface area contributed by atoms with Crippen molar-refractivity contribution < 1.29 is 14.0 Å². The molecule has 5 heteroatoms. The number of halogens is 1. The van der Waals surface area contributed by atoms with Crippen molar-refractivity contribution in [2.24, 2.45) is 0 Å². The van der Waals surface area contributed by atoms with E-state index in [0.29, 0.717) is 11.3 Å². The fourth-order valence-electron chi connectivity index (χ4n) is 3.52. The number of Topliss-reactive ketones (excluding diaryl/α,β-unsaturated/α-hetero) is 1. The van der Waals surface area contributed by atoms with E-state index in [9.17, 15) is 14.0 Å². The standard InChI is InChI=1S/C23H27FN2O2/c1-16-6-7-18(14-17(16)2)22(27)10-11-23(28)25-20-15-19(24)8-9-21(20)26-12-4-3-5-13-26/h6-9,14-15H,3-5,10-13H2,1-2H3,(H,25,28). The van der Waals surface area contributed by atoms with Gasteiger partial charge in [-0.1, -0.05) is 12.1 Å². The zero-order valence-electron chi connectivity index (χ0n) is 16.6. The van der Waals surface area contributed by atoms with Crippen LogP contribution in [0.3, 0.4) is 0 Å². The van der Waals surface area contributed by atoms with E-state index in [-0.39, 0.29) is 30.3 Å². The minimum absolute atomic E-state index is 0.0613. The summed E-state index contributed by atoms with van der Waals surface area (Å²) in [4.78, 5) is 27.0. The smallest absolute Gasteiger partial charge is 0.224 e. The molecule has 1 aliphatic heterocycles. The molecule has 0 aliphatic carbocycles. The Balaban J connectivity index is 1.63. The Kier molecular flexibility index (Phi) is 6.45. The summed E-state index contributed by atoms with van der Waals surface area (Å²) >= 11 is 0. The van der Waals surface area contributed by atoms with Crippen molar-refractivity contribution in [1.29, 1.82) is 0 Å². The second kappa shape index (κ2) is 9.00. The highest BCUT2D eigenvalue weighted by Crippen LogP contribution is 2.29. The molecule has 148 valence electrons. The van der Waals surface area contributed by atoms with Gasteiger partial charge < -0.3 is 10.2 Å². The first-order chi connectivity index (χ1) is 13.4. The Hall–Kier alpha value is -2.69. The quantitative estimate of drug-likeness (QED) is 0.713. The summed E-state index contributed by atoms with van der Waals surface area (Å²) in [6.45, 7) is 5.76. The van der Waals surface area contributed by atoms with E-state index in [1.165, 1.54) is 18.6 Å². The first kappa shape index (κ1) is 20.1. The fraction of sp³-hybridized carbons (Fsp3) is 0.391. The summed E-state index contributed by atoms with van der Waals surface area (Å²) in [5.41, 5.74) is 4.13. The Morgan fingerprint density at radius 1 is 0.964 bits per heavy atom. The lowest BCUT2D eigenvalue weighted by molar-refractivity contribution is -0.116. The van der Waals surface area contributed by atoms with Gasteiger partial charge in [0.25, 0.3) is 0 Å². The Bertz CT molecular complexity index is 873. The van der Waals surface area contributed by atoms with Gasteiger partial charge in [0.05, 0.1) is 11.4 Å². The van der Waals surface area contributed by atoms with Crippen LogP contribution in [0.1, 0.15) is 53.6 Å². The maximum absolute atomic E-state index is 13.7. The van der Waals surface area contributed by atoms with Crippen LogP contribution in [0.15, 0.2) is 36.4 Å². The van der Waals surface area contributed by atoms with E-state index in [0.717, 1.165) is 42.7 Å².